The summed E-state index contributed by atoms with van der Waals surface area (Å²) in [6.07, 6.45) is 1.32. The van der Waals surface area contributed by atoms with Gasteiger partial charge in [-0.05, 0) is 36.4 Å². The summed E-state index contributed by atoms with van der Waals surface area (Å²) >= 11 is 6.36. The lowest BCUT2D eigenvalue weighted by molar-refractivity contribution is 0.102. The van der Waals surface area contributed by atoms with Crippen molar-refractivity contribution in [2.75, 3.05) is 11.9 Å². The zero-order chi connectivity index (χ0) is 23.4. The highest BCUT2D eigenvalue weighted by molar-refractivity contribution is 6.32. The number of alkyl carbamates (subject to hydrolysis) is 1. The number of hydrogen-bond acceptors (Lipinski definition) is 5. The Morgan fingerprint density at radius 3 is 2.76 bits per heavy atom. The van der Waals surface area contributed by atoms with Crippen molar-refractivity contribution in [3.05, 3.63) is 88.2 Å². The minimum atomic E-state index is -1.09. The third kappa shape index (κ3) is 5.20. The number of rotatable bonds is 5. The van der Waals surface area contributed by atoms with E-state index >= 15 is 0 Å². The van der Waals surface area contributed by atoms with Gasteiger partial charge >= 0.3 is 6.09 Å². The fraction of sp³-hybridized carbons (Fsp3) is 0.174. The van der Waals surface area contributed by atoms with Crippen LogP contribution in [0.25, 0.3) is 0 Å². The summed E-state index contributed by atoms with van der Waals surface area (Å²) in [4.78, 5) is 29.2. The van der Waals surface area contributed by atoms with Crippen LogP contribution in [0.3, 0.4) is 0 Å². The maximum atomic E-state index is 13.5. The van der Waals surface area contributed by atoms with Gasteiger partial charge < -0.3 is 20.1 Å². The number of amides is 2. The molecule has 7 nitrogen and oxygen atoms in total. The Morgan fingerprint density at radius 2 is 2.00 bits per heavy atom. The van der Waals surface area contributed by atoms with Crippen LogP contribution in [0.1, 0.15) is 34.1 Å². The number of ether oxygens (including phenoxy) is 2. The molecule has 0 saturated carbocycles. The van der Waals surface area contributed by atoms with Gasteiger partial charge in [0.1, 0.15) is 12.4 Å². The Balaban J connectivity index is 1.51. The third-order valence-corrected chi connectivity index (χ3v) is 5.27. The number of anilines is 1. The van der Waals surface area contributed by atoms with Gasteiger partial charge in [-0.1, -0.05) is 17.7 Å². The van der Waals surface area contributed by atoms with Gasteiger partial charge in [0.2, 0.25) is 0 Å². The molecule has 170 valence electrons. The average molecular weight is 474 g/mol. The first-order valence-corrected chi connectivity index (χ1v) is 10.3. The van der Waals surface area contributed by atoms with Crippen molar-refractivity contribution in [2.24, 2.45) is 0 Å². The molecular formula is C23H18ClF2N3O4. The SMILES string of the molecule is O=C(N[C@H]1CCOc2c(C(=O)Nc3ccc(F)c(F)c3)ccc(Cl)c21)OCc1ccccn1. The molecule has 0 fully saturated rings. The van der Waals surface area contributed by atoms with E-state index in [0.717, 1.165) is 12.1 Å². The molecule has 0 aliphatic carbocycles. The highest BCUT2D eigenvalue weighted by Gasteiger charge is 2.30. The van der Waals surface area contributed by atoms with Crippen LogP contribution in [0.4, 0.5) is 19.3 Å². The Bertz CT molecular complexity index is 1190. The molecule has 2 aromatic carbocycles. The van der Waals surface area contributed by atoms with Gasteiger partial charge in [0.05, 0.1) is 23.9 Å². The number of nitrogens with one attached hydrogen (secondary N) is 2. The molecule has 33 heavy (non-hydrogen) atoms. The number of fused-ring (bicyclic) bond motifs is 1. The summed E-state index contributed by atoms with van der Waals surface area (Å²) < 4.78 is 37.6. The second-order valence-corrected chi connectivity index (χ2v) is 7.56. The number of hydrogen-bond donors (Lipinski definition) is 2. The Morgan fingerprint density at radius 1 is 1.15 bits per heavy atom. The zero-order valence-corrected chi connectivity index (χ0v) is 17.9. The molecule has 0 spiro atoms. The van der Waals surface area contributed by atoms with Gasteiger partial charge in [-0.25, -0.2) is 13.6 Å². The maximum Gasteiger partial charge on any atom is 0.408 e. The fourth-order valence-electron chi connectivity index (χ4n) is 3.38. The molecule has 1 atom stereocenters. The number of nitrogens with zero attached hydrogens (tertiary/aromatic N) is 1. The molecule has 0 bridgehead atoms. The fourth-order valence-corrected chi connectivity index (χ4v) is 3.66. The number of halogens is 3. The molecule has 3 aromatic rings. The van der Waals surface area contributed by atoms with Crippen LogP contribution in [0, 0.1) is 11.6 Å². The molecule has 2 amide bonds. The molecule has 0 radical (unpaired) electrons. The lowest BCUT2D eigenvalue weighted by Gasteiger charge is -2.28. The van der Waals surface area contributed by atoms with Gasteiger partial charge in [-0.15, -0.1) is 0 Å². The van der Waals surface area contributed by atoms with Crippen molar-refractivity contribution < 1.29 is 27.8 Å². The summed E-state index contributed by atoms with van der Waals surface area (Å²) in [5.74, 6) is -2.52. The normalized spacial score (nSPS) is 14.6. The predicted octanol–water partition coefficient (Wildman–Crippen LogP) is 5.02. The Hall–Kier alpha value is -3.72. The number of carbonyl (C=O) groups excluding carboxylic acids is 2. The summed E-state index contributed by atoms with van der Waals surface area (Å²) in [6, 6.07) is 10.7. The molecule has 10 heteroatoms. The van der Waals surface area contributed by atoms with Gasteiger partial charge in [0.25, 0.3) is 5.91 Å². The molecule has 2 N–H and O–H groups in total. The molecule has 0 unspecified atom stereocenters. The van der Waals surface area contributed by atoms with E-state index in [1.54, 1.807) is 24.4 Å². The zero-order valence-electron chi connectivity index (χ0n) is 17.1. The first-order valence-electron chi connectivity index (χ1n) is 9.97. The predicted molar refractivity (Wildman–Crippen MR) is 116 cm³/mol. The van der Waals surface area contributed by atoms with Gasteiger partial charge in [0, 0.05) is 35.0 Å². The standard InChI is InChI=1S/C23H18ClF2N3O4/c24-16-6-5-15(22(30)28-13-4-7-17(25)18(26)11-13)21-20(16)19(8-10-32-21)29-23(31)33-12-14-3-1-2-9-27-14/h1-7,9,11,19H,8,10,12H2,(H,28,30)(H,29,31)/t19-/m0/s1. The van der Waals surface area contributed by atoms with E-state index in [2.05, 4.69) is 15.6 Å². The quantitative estimate of drug-likeness (QED) is 0.543. The smallest absolute Gasteiger partial charge is 0.408 e. The lowest BCUT2D eigenvalue weighted by atomic mass is 9.97. The van der Waals surface area contributed by atoms with Crippen molar-refractivity contribution in [3.8, 4) is 5.75 Å². The Labute approximate surface area is 192 Å². The van der Waals surface area contributed by atoms with Gasteiger partial charge in [-0.3, -0.25) is 9.78 Å². The molecule has 1 aliphatic heterocycles. The largest absolute Gasteiger partial charge is 0.492 e. The number of pyridine rings is 1. The van der Waals surface area contributed by atoms with Crippen LogP contribution < -0.4 is 15.4 Å². The highest BCUT2D eigenvalue weighted by atomic mass is 35.5. The third-order valence-electron chi connectivity index (χ3n) is 4.94. The first-order chi connectivity index (χ1) is 15.9. The molecule has 2 heterocycles. The minimum Gasteiger partial charge on any atom is -0.492 e. The van der Waals surface area contributed by atoms with E-state index in [-0.39, 0.29) is 30.2 Å². The van der Waals surface area contributed by atoms with Crippen LogP contribution in [-0.2, 0) is 11.3 Å². The topological polar surface area (TPSA) is 89.5 Å². The molecule has 1 aromatic heterocycles. The van der Waals surface area contributed by atoms with Gasteiger partial charge in [-0.2, -0.15) is 0 Å². The monoisotopic (exact) mass is 473 g/mol. The van der Waals surface area contributed by atoms with Crippen molar-refractivity contribution >= 4 is 29.3 Å². The summed E-state index contributed by atoms with van der Waals surface area (Å²) in [5.41, 5.74) is 1.23. The van der Waals surface area contributed by atoms with Crippen molar-refractivity contribution in [1.82, 2.24) is 10.3 Å². The highest BCUT2D eigenvalue weighted by Crippen LogP contribution is 2.40. The lowest BCUT2D eigenvalue weighted by Crippen LogP contribution is -2.33. The summed E-state index contributed by atoms with van der Waals surface area (Å²) in [5, 5.41) is 5.54. The van der Waals surface area contributed by atoms with Crippen molar-refractivity contribution in [3.63, 3.8) is 0 Å². The van der Waals surface area contributed by atoms with Gasteiger partial charge in [0.15, 0.2) is 11.6 Å². The van der Waals surface area contributed by atoms with Crippen LogP contribution in [0.5, 0.6) is 5.75 Å². The number of carbonyl (C=O) groups is 2. The van der Waals surface area contributed by atoms with E-state index in [1.165, 1.54) is 18.2 Å². The van der Waals surface area contributed by atoms with Crippen LogP contribution in [-0.4, -0.2) is 23.6 Å². The van der Waals surface area contributed by atoms with E-state index in [4.69, 9.17) is 21.1 Å². The number of aromatic nitrogens is 1. The maximum absolute atomic E-state index is 13.5. The van der Waals surface area contributed by atoms with Crippen LogP contribution in [0.15, 0.2) is 54.7 Å². The second kappa shape index (κ2) is 9.83. The minimum absolute atomic E-state index is 0.00679. The summed E-state index contributed by atoms with van der Waals surface area (Å²) in [7, 11) is 0. The van der Waals surface area contributed by atoms with E-state index in [9.17, 15) is 18.4 Å². The number of benzene rings is 2. The van der Waals surface area contributed by atoms with Crippen molar-refractivity contribution in [2.45, 2.75) is 19.1 Å². The van der Waals surface area contributed by atoms with E-state index in [1.807, 2.05) is 0 Å². The Kier molecular flexibility index (Phi) is 6.69. The average Bonchev–Trinajstić information content (AvgIpc) is 2.81. The first kappa shape index (κ1) is 22.5. The van der Waals surface area contributed by atoms with E-state index in [0.29, 0.717) is 22.7 Å². The van der Waals surface area contributed by atoms with Crippen molar-refractivity contribution in [1.29, 1.82) is 0 Å². The molecule has 1 aliphatic rings. The second-order valence-electron chi connectivity index (χ2n) is 7.15. The molecular weight excluding hydrogens is 456 g/mol. The molecule has 0 saturated heterocycles. The summed E-state index contributed by atoms with van der Waals surface area (Å²) in [6.45, 7) is 0.205. The van der Waals surface area contributed by atoms with E-state index < -0.39 is 29.7 Å². The van der Waals surface area contributed by atoms with Crippen LogP contribution >= 0.6 is 11.6 Å². The van der Waals surface area contributed by atoms with Crippen LogP contribution in [0.2, 0.25) is 5.02 Å². The molecule has 4 rings (SSSR count).